The van der Waals surface area contributed by atoms with Gasteiger partial charge in [-0.25, -0.2) is 9.59 Å². The summed E-state index contributed by atoms with van der Waals surface area (Å²) in [5, 5.41) is 11.5. The Morgan fingerprint density at radius 3 is 2.62 bits per heavy atom. The first-order valence-corrected chi connectivity index (χ1v) is 6.97. The highest BCUT2D eigenvalue weighted by Gasteiger charge is 2.15. The zero-order valence-corrected chi connectivity index (χ0v) is 13.6. The molecular formula is C15H16BrNO4. The quantitative estimate of drug-likeness (QED) is 0.801. The van der Waals surface area contributed by atoms with Crippen LogP contribution in [0.3, 0.4) is 0 Å². The Balaban J connectivity index is 2.62. The summed E-state index contributed by atoms with van der Waals surface area (Å²) in [4.78, 5) is 22.3. The van der Waals surface area contributed by atoms with Crippen molar-refractivity contribution in [2.75, 3.05) is 6.54 Å². The van der Waals surface area contributed by atoms with Crippen molar-refractivity contribution in [3.05, 3.63) is 33.8 Å². The van der Waals surface area contributed by atoms with Crippen LogP contribution < -0.4 is 5.32 Å². The van der Waals surface area contributed by atoms with Crippen molar-refractivity contribution < 1.29 is 19.4 Å². The molecule has 6 heteroatoms. The second-order valence-electron chi connectivity index (χ2n) is 5.16. The first-order chi connectivity index (χ1) is 9.69. The fraction of sp³-hybridized carbons (Fsp3) is 0.333. The summed E-state index contributed by atoms with van der Waals surface area (Å²) in [7, 11) is 0. The van der Waals surface area contributed by atoms with Crippen molar-refractivity contribution in [1.82, 2.24) is 5.32 Å². The average Bonchev–Trinajstić information content (AvgIpc) is 2.34. The van der Waals surface area contributed by atoms with E-state index in [2.05, 4.69) is 33.1 Å². The van der Waals surface area contributed by atoms with Crippen molar-refractivity contribution in [2.24, 2.45) is 0 Å². The lowest BCUT2D eigenvalue weighted by Gasteiger charge is -2.18. The van der Waals surface area contributed by atoms with Gasteiger partial charge in [0.05, 0.1) is 12.1 Å². The standard InChI is InChI=1S/C15H16BrNO4/c1-15(2,3)21-14(20)17-8-4-5-10-6-7-12(16)11(9-10)13(18)19/h6-7,9H,8H2,1-3H3,(H,17,20)(H,18,19). The van der Waals surface area contributed by atoms with Gasteiger partial charge in [-0.15, -0.1) is 0 Å². The molecule has 0 aliphatic carbocycles. The summed E-state index contributed by atoms with van der Waals surface area (Å²) in [5.74, 6) is 4.48. The molecule has 0 aliphatic heterocycles. The first-order valence-electron chi connectivity index (χ1n) is 6.17. The number of aromatic carboxylic acids is 1. The van der Waals surface area contributed by atoms with E-state index in [1.54, 1.807) is 32.9 Å². The first kappa shape index (κ1) is 17.1. The van der Waals surface area contributed by atoms with Gasteiger partial charge in [0, 0.05) is 10.0 Å². The van der Waals surface area contributed by atoms with Gasteiger partial charge in [-0.2, -0.15) is 0 Å². The number of benzene rings is 1. The zero-order valence-electron chi connectivity index (χ0n) is 12.0. The van der Waals surface area contributed by atoms with Gasteiger partial charge in [0.15, 0.2) is 0 Å². The maximum absolute atomic E-state index is 11.4. The molecule has 21 heavy (non-hydrogen) atoms. The van der Waals surface area contributed by atoms with Crippen LogP contribution in [0.25, 0.3) is 0 Å². The van der Waals surface area contributed by atoms with Crippen LogP contribution in [0.1, 0.15) is 36.7 Å². The summed E-state index contributed by atoms with van der Waals surface area (Å²) in [5.41, 5.74) is 0.142. The number of rotatable bonds is 2. The van der Waals surface area contributed by atoms with E-state index in [9.17, 15) is 9.59 Å². The Bertz CT molecular complexity index is 608. The zero-order chi connectivity index (χ0) is 16.0. The maximum Gasteiger partial charge on any atom is 0.408 e. The third-order valence-corrected chi connectivity index (χ3v) is 2.84. The molecule has 0 heterocycles. The molecular weight excluding hydrogens is 338 g/mol. The van der Waals surface area contributed by atoms with Crippen LogP contribution in [0.15, 0.2) is 22.7 Å². The van der Waals surface area contributed by atoms with Gasteiger partial charge in [-0.1, -0.05) is 11.8 Å². The van der Waals surface area contributed by atoms with Crippen LogP contribution in [0.5, 0.6) is 0 Å². The minimum absolute atomic E-state index is 0.118. The number of nitrogens with one attached hydrogen (secondary N) is 1. The lowest BCUT2D eigenvalue weighted by molar-refractivity contribution is 0.0534. The number of carbonyl (C=O) groups excluding carboxylic acids is 1. The van der Waals surface area contributed by atoms with Gasteiger partial charge >= 0.3 is 12.1 Å². The van der Waals surface area contributed by atoms with E-state index >= 15 is 0 Å². The molecule has 0 aliphatic rings. The number of carbonyl (C=O) groups is 2. The molecule has 0 atom stereocenters. The molecule has 112 valence electrons. The molecule has 2 N–H and O–H groups in total. The van der Waals surface area contributed by atoms with Crippen molar-refractivity contribution >= 4 is 28.0 Å². The highest BCUT2D eigenvalue weighted by atomic mass is 79.9. The number of carboxylic acid groups (broad SMARTS) is 1. The monoisotopic (exact) mass is 353 g/mol. The predicted molar refractivity (Wildman–Crippen MR) is 82.2 cm³/mol. The lowest BCUT2D eigenvalue weighted by atomic mass is 10.1. The fourth-order valence-electron chi connectivity index (χ4n) is 1.34. The molecule has 0 spiro atoms. The number of alkyl carbamates (subject to hydrolysis) is 1. The van der Waals surface area contributed by atoms with E-state index in [-0.39, 0.29) is 12.1 Å². The van der Waals surface area contributed by atoms with Crippen LogP contribution in [0.2, 0.25) is 0 Å². The molecule has 0 saturated heterocycles. The normalized spacial score (nSPS) is 10.3. The molecule has 0 radical (unpaired) electrons. The maximum atomic E-state index is 11.4. The molecule has 1 aromatic rings. The number of ether oxygens (including phenoxy) is 1. The number of carboxylic acids is 1. The molecule has 0 fully saturated rings. The van der Waals surface area contributed by atoms with Crippen molar-refractivity contribution in [2.45, 2.75) is 26.4 Å². The molecule has 0 aromatic heterocycles. The molecule has 0 saturated carbocycles. The smallest absolute Gasteiger partial charge is 0.408 e. The summed E-state index contributed by atoms with van der Waals surface area (Å²) < 4.78 is 5.55. The fourth-order valence-corrected chi connectivity index (χ4v) is 1.76. The van der Waals surface area contributed by atoms with E-state index in [1.165, 1.54) is 6.07 Å². The number of halogens is 1. The Morgan fingerprint density at radius 2 is 2.05 bits per heavy atom. The van der Waals surface area contributed by atoms with Gasteiger partial charge in [-0.3, -0.25) is 0 Å². The second-order valence-corrected chi connectivity index (χ2v) is 6.01. The predicted octanol–water partition coefficient (Wildman–Crippen LogP) is 3.02. The van der Waals surface area contributed by atoms with Crippen LogP contribution >= 0.6 is 15.9 Å². The van der Waals surface area contributed by atoms with Gasteiger partial charge in [0.25, 0.3) is 0 Å². The third kappa shape index (κ3) is 6.32. The van der Waals surface area contributed by atoms with Crippen LogP contribution in [-0.2, 0) is 4.74 Å². The number of hydrogen-bond donors (Lipinski definition) is 2. The summed E-state index contributed by atoms with van der Waals surface area (Å²) in [6, 6.07) is 4.78. The van der Waals surface area contributed by atoms with Crippen molar-refractivity contribution in [3.8, 4) is 11.8 Å². The minimum Gasteiger partial charge on any atom is -0.478 e. The topological polar surface area (TPSA) is 75.6 Å². The molecule has 1 aromatic carbocycles. The van der Waals surface area contributed by atoms with Crippen molar-refractivity contribution in [3.63, 3.8) is 0 Å². The molecule has 0 unspecified atom stereocenters. The third-order valence-electron chi connectivity index (χ3n) is 2.15. The Morgan fingerprint density at radius 1 is 1.38 bits per heavy atom. The van der Waals surface area contributed by atoms with Crippen LogP contribution in [-0.4, -0.2) is 29.3 Å². The van der Waals surface area contributed by atoms with Gasteiger partial charge in [-0.05, 0) is 54.9 Å². The highest BCUT2D eigenvalue weighted by molar-refractivity contribution is 9.10. The van der Waals surface area contributed by atoms with E-state index < -0.39 is 17.7 Å². The second kappa shape index (κ2) is 7.14. The summed E-state index contributed by atoms with van der Waals surface area (Å²) in [6.45, 7) is 5.43. The number of amides is 1. The largest absolute Gasteiger partial charge is 0.478 e. The van der Waals surface area contributed by atoms with Crippen LogP contribution in [0, 0.1) is 11.8 Å². The Labute approximate surface area is 131 Å². The Hall–Kier alpha value is -2.00. The highest BCUT2D eigenvalue weighted by Crippen LogP contribution is 2.17. The molecule has 5 nitrogen and oxygen atoms in total. The molecule has 0 bridgehead atoms. The van der Waals surface area contributed by atoms with Crippen LogP contribution in [0.4, 0.5) is 4.79 Å². The summed E-state index contributed by atoms with van der Waals surface area (Å²) in [6.07, 6.45) is -0.543. The lowest BCUT2D eigenvalue weighted by Crippen LogP contribution is -2.32. The average molecular weight is 354 g/mol. The van der Waals surface area contributed by atoms with E-state index in [0.29, 0.717) is 10.0 Å². The van der Waals surface area contributed by atoms with E-state index in [4.69, 9.17) is 9.84 Å². The number of hydrogen-bond acceptors (Lipinski definition) is 3. The summed E-state index contributed by atoms with van der Waals surface area (Å²) >= 11 is 3.16. The molecule has 1 rings (SSSR count). The van der Waals surface area contributed by atoms with Crippen molar-refractivity contribution in [1.29, 1.82) is 0 Å². The Kier molecular flexibility index (Phi) is 5.79. The van der Waals surface area contributed by atoms with Gasteiger partial charge in [0.2, 0.25) is 0 Å². The van der Waals surface area contributed by atoms with E-state index in [0.717, 1.165) is 0 Å². The SMILES string of the molecule is CC(C)(C)OC(=O)NCC#Cc1ccc(Br)c(C(=O)O)c1. The van der Waals surface area contributed by atoms with Gasteiger partial charge < -0.3 is 15.2 Å². The minimum atomic E-state index is -1.03. The van der Waals surface area contributed by atoms with Gasteiger partial charge in [0.1, 0.15) is 5.60 Å². The molecule has 1 amide bonds. The van der Waals surface area contributed by atoms with E-state index in [1.807, 2.05) is 0 Å².